The molecule has 3 heterocycles. The third-order valence-corrected chi connectivity index (χ3v) is 3.26. The molecule has 1 fully saturated rings. The fourth-order valence-corrected chi connectivity index (χ4v) is 2.27. The van der Waals surface area contributed by atoms with E-state index >= 15 is 0 Å². The van der Waals surface area contributed by atoms with Gasteiger partial charge in [0.1, 0.15) is 0 Å². The van der Waals surface area contributed by atoms with Crippen LogP contribution in [0.15, 0.2) is 29.0 Å². The minimum absolute atomic E-state index is 0.250. The van der Waals surface area contributed by atoms with Crippen molar-refractivity contribution in [1.29, 1.82) is 0 Å². The number of fused-ring (bicyclic) bond motifs is 1. The van der Waals surface area contributed by atoms with Crippen LogP contribution in [-0.4, -0.2) is 27.9 Å². The summed E-state index contributed by atoms with van der Waals surface area (Å²) in [4.78, 5) is 28.5. The van der Waals surface area contributed by atoms with Gasteiger partial charge in [-0.05, 0) is 12.1 Å². The molecule has 2 aromatic rings. The Morgan fingerprint density at radius 1 is 1.39 bits per heavy atom. The summed E-state index contributed by atoms with van der Waals surface area (Å²) in [6, 6.07) is 3.34. The highest BCUT2D eigenvalue weighted by Crippen LogP contribution is 2.20. The molecule has 1 N–H and O–H groups in total. The van der Waals surface area contributed by atoms with Gasteiger partial charge >= 0.3 is 6.03 Å². The number of rotatable bonds is 1. The Bertz CT molecular complexity index is 652. The number of imide groups is 1. The molecule has 1 aliphatic heterocycles. The van der Waals surface area contributed by atoms with Gasteiger partial charge in [0.15, 0.2) is 0 Å². The number of amides is 3. The van der Waals surface area contributed by atoms with Crippen LogP contribution in [0.4, 0.5) is 10.7 Å². The number of hydrogen-bond acceptors (Lipinski definition) is 3. The number of imidazole rings is 1. The summed E-state index contributed by atoms with van der Waals surface area (Å²) in [6.07, 6.45) is 3.80. The number of hydrogen-bond donors (Lipinski definition) is 1. The summed E-state index contributed by atoms with van der Waals surface area (Å²) in [6.45, 7) is 0.347. The monoisotopic (exact) mass is 308 g/mol. The first kappa shape index (κ1) is 11.2. The summed E-state index contributed by atoms with van der Waals surface area (Å²) in [5.74, 6) is 0.266. The van der Waals surface area contributed by atoms with E-state index in [4.69, 9.17) is 0 Å². The maximum atomic E-state index is 11.7. The molecule has 0 aliphatic carbocycles. The molecule has 0 unspecified atom stereocenters. The topological polar surface area (TPSA) is 66.7 Å². The first-order valence-electron chi connectivity index (χ1n) is 5.39. The Balaban J connectivity index is 2.04. The minimum Gasteiger partial charge on any atom is -0.286 e. The maximum Gasteiger partial charge on any atom is 0.330 e. The van der Waals surface area contributed by atoms with Crippen LogP contribution in [0.25, 0.3) is 5.52 Å². The summed E-state index contributed by atoms with van der Waals surface area (Å²) in [5.41, 5.74) is 0.879. The fourth-order valence-electron chi connectivity index (χ4n) is 1.91. The lowest BCUT2D eigenvalue weighted by Gasteiger charge is -2.24. The van der Waals surface area contributed by atoms with Gasteiger partial charge in [-0.1, -0.05) is 15.9 Å². The number of halogens is 1. The van der Waals surface area contributed by atoms with Gasteiger partial charge in [-0.15, -0.1) is 0 Å². The zero-order valence-electron chi connectivity index (χ0n) is 9.26. The van der Waals surface area contributed by atoms with Crippen LogP contribution in [0.3, 0.4) is 0 Å². The van der Waals surface area contributed by atoms with E-state index in [0.29, 0.717) is 12.5 Å². The van der Waals surface area contributed by atoms with Crippen LogP contribution in [-0.2, 0) is 4.79 Å². The zero-order valence-corrected chi connectivity index (χ0v) is 10.8. The van der Waals surface area contributed by atoms with Gasteiger partial charge in [0.25, 0.3) is 0 Å². The molecule has 1 saturated heterocycles. The van der Waals surface area contributed by atoms with E-state index in [1.54, 1.807) is 10.6 Å². The second-order valence-electron chi connectivity index (χ2n) is 3.95. The Labute approximate surface area is 111 Å². The number of anilines is 1. The summed E-state index contributed by atoms with van der Waals surface area (Å²) >= 11 is 3.38. The number of carbonyl (C=O) groups excluding carboxylic acids is 2. The van der Waals surface area contributed by atoms with Gasteiger partial charge in [-0.2, -0.15) is 0 Å². The van der Waals surface area contributed by atoms with Crippen molar-refractivity contribution >= 4 is 39.3 Å². The lowest BCUT2D eigenvalue weighted by molar-refractivity contribution is -0.120. The van der Waals surface area contributed by atoms with Gasteiger partial charge in [0.2, 0.25) is 11.9 Å². The molecule has 2 aromatic heterocycles. The van der Waals surface area contributed by atoms with Crippen molar-refractivity contribution in [1.82, 2.24) is 14.7 Å². The average molecular weight is 309 g/mol. The van der Waals surface area contributed by atoms with E-state index in [9.17, 15) is 9.59 Å². The fraction of sp³-hybridized carbons (Fsp3) is 0.182. The lowest BCUT2D eigenvalue weighted by atomic mass is 10.3. The average Bonchev–Trinajstić information content (AvgIpc) is 2.72. The van der Waals surface area contributed by atoms with Crippen LogP contribution in [0, 0.1) is 0 Å². The first-order chi connectivity index (χ1) is 8.65. The van der Waals surface area contributed by atoms with Gasteiger partial charge in [0.05, 0.1) is 11.7 Å². The second kappa shape index (κ2) is 4.09. The molecule has 0 aromatic carbocycles. The molecule has 1 aliphatic rings. The number of nitrogens with one attached hydrogen (secondary N) is 1. The number of pyridine rings is 1. The second-order valence-corrected chi connectivity index (χ2v) is 4.87. The molecular weight excluding hydrogens is 300 g/mol. The third kappa shape index (κ3) is 1.76. The molecule has 92 valence electrons. The van der Waals surface area contributed by atoms with E-state index in [0.717, 1.165) is 9.99 Å². The highest BCUT2D eigenvalue weighted by molar-refractivity contribution is 9.10. The predicted octanol–water partition coefficient (Wildman–Crippen LogP) is 1.54. The highest BCUT2D eigenvalue weighted by atomic mass is 79.9. The third-order valence-electron chi connectivity index (χ3n) is 2.77. The van der Waals surface area contributed by atoms with Gasteiger partial charge in [-0.25, -0.2) is 9.78 Å². The molecule has 0 bridgehead atoms. The molecule has 3 rings (SSSR count). The molecular formula is C11H9BrN4O2. The van der Waals surface area contributed by atoms with E-state index in [-0.39, 0.29) is 12.3 Å². The summed E-state index contributed by atoms with van der Waals surface area (Å²) in [7, 11) is 0. The van der Waals surface area contributed by atoms with Crippen molar-refractivity contribution in [3.8, 4) is 0 Å². The maximum absolute atomic E-state index is 11.7. The quantitative estimate of drug-likeness (QED) is 0.869. The summed E-state index contributed by atoms with van der Waals surface area (Å²) < 4.78 is 2.75. The van der Waals surface area contributed by atoms with Crippen LogP contribution in [0.5, 0.6) is 0 Å². The molecule has 3 amide bonds. The minimum atomic E-state index is -0.429. The van der Waals surface area contributed by atoms with Gasteiger partial charge in [-0.3, -0.25) is 19.4 Å². The molecule has 18 heavy (non-hydrogen) atoms. The van der Waals surface area contributed by atoms with Crippen molar-refractivity contribution in [2.75, 3.05) is 11.4 Å². The Morgan fingerprint density at radius 2 is 2.22 bits per heavy atom. The molecule has 0 spiro atoms. The lowest BCUT2D eigenvalue weighted by Crippen LogP contribution is -2.50. The smallest absolute Gasteiger partial charge is 0.286 e. The zero-order chi connectivity index (χ0) is 12.7. The van der Waals surface area contributed by atoms with E-state index in [1.165, 1.54) is 4.90 Å². The molecule has 0 saturated carbocycles. The van der Waals surface area contributed by atoms with Crippen LogP contribution >= 0.6 is 15.9 Å². The van der Waals surface area contributed by atoms with Gasteiger partial charge < -0.3 is 0 Å². The molecule has 0 radical (unpaired) electrons. The van der Waals surface area contributed by atoms with Crippen molar-refractivity contribution < 1.29 is 9.59 Å². The van der Waals surface area contributed by atoms with E-state index in [2.05, 4.69) is 26.2 Å². The Morgan fingerprint density at radius 3 is 3.00 bits per heavy atom. The first-order valence-corrected chi connectivity index (χ1v) is 6.18. The largest absolute Gasteiger partial charge is 0.330 e. The van der Waals surface area contributed by atoms with Gasteiger partial charge in [0, 0.05) is 23.6 Å². The Hall–Kier alpha value is -1.89. The van der Waals surface area contributed by atoms with Crippen LogP contribution < -0.4 is 10.2 Å². The normalized spacial score (nSPS) is 16.2. The van der Waals surface area contributed by atoms with Crippen LogP contribution in [0.2, 0.25) is 0 Å². The van der Waals surface area contributed by atoms with Crippen molar-refractivity contribution in [3.63, 3.8) is 0 Å². The standard InChI is InChI=1S/C11H9BrN4O2/c12-7-1-3-15-8(5-7)6-13-10(15)16-4-2-9(17)14-11(16)18/h1,3,5-6H,2,4H2,(H,14,17,18). The van der Waals surface area contributed by atoms with Crippen molar-refractivity contribution in [3.05, 3.63) is 29.0 Å². The highest BCUT2D eigenvalue weighted by Gasteiger charge is 2.26. The number of carbonyl (C=O) groups is 2. The number of aromatic nitrogens is 2. The molecule has 6 nitrogen and oxygen atoms in total. The number of nitrogens with zero attached hydrogens (tertiary/aromatic N) is 3. The molecule has 0 atom stereocenters. The predicted molar refractivity (Wildman–Crippen MR) is 68.4 cm³/mol. The van der Waals surface area contributed by atoms with E-state index in [1.807, 2.05) is 18.3 Å². The SMILES string of the molecule is O=C1CCN(c2ncc3cc(Br)ccn23)C(=O)N1. The summed E-state index contributed by atoms with van der Waals surface area (Å²) in [5, 5.41) is 2.28. The van der Waals surface area contributed by atoms with Crippen molar-refractivity contribution in [2.45, 2.75) is 6.42 Å². The number of urea groups is 1. The van der Waals surface area contributed by atoms with Crippen molar-refractivity contribution in [2.24, 2.45) is 0 Å². The Kier molecular flexibility index (Phi) is 2.55. The van der Waals surface area contributed by atoms with Crippen LogP contribution in [0.1, 0.15) is 6.42 Å². The van der Waals surface area contributed by atoms with E-state index < -0.39 is 6.03 Å². The molecule has 7 heteroatoms.